The summed E-state index contributed by atoms with van der Waals surface area (Å²) in [6, 6.07) is 5.50. The van der Waals surface area contributed by atoms with Crippen LogP contribution in [-0.2, 0) is 11.2 Å². The standard InChI is InChI=1S/C11H14N2O2/c12-9-2-3-10-8(6-9)7-11(15)13(10)4-1-5-14/h2-3,6,14H,1,4-5,7,12H2. The molecule has 1 amide bonds. The van der Waals surface area contributed by atoms with Crippen molar-refractivity contribution in [2.24, 2.45) is 0 Å². The Morgan fingerprint density at radius 1 is 1.47 bits per heavy atom. The van der Waals surface area contributed by atoms with Crippen LogP contribution in [0.3, 0.4) is 0 Å². The van der Waals surface area contributed by atoms with Crippen molar-refractivity contribution in [3.05, 3.63) is 23.8 Å². The molecule has 2 rings (SSSR count). The van der Waals surface area contributed by atoms with Crippen LogP contribution in [-0.4, -0.2) is 24.2 Å². The third kappa shape index (κ3) is 1.80. The zero-order chi connectivity index (χ0) is 10.8. The normalized spacial score (nSPS) is 14.5. The molecule has 0 spiro atoms. The minimum absolute atomic E-state index is 0.0871. The fraction of sp³-hybridized carbons (Fsp3) is 0.364. The number of nitrogen functional groups attached to an aromatic ring is 1. The summed E-state index contributed by atoms with van der Waals surface area (Å²) in [4.78, 5) is 13.4. The van der Waals surface area contributed by atoms with Gasteiger partial charge in [-0.2, -0.15) is 0 Å². The second kappa shape index (κ2) is 3.90. The number of anilines is 2. The summed E-state index contributed by atoms with van der Waals surface area (Å²) in [5.74, 6) is 0.0871. The van der Waals surface area contributed by atoms with E-state index in [-0.39, 0.29) is 12.5 Å². The molecular weight excluding hydrogens is 192 g/mol. The molecule has 0 saturated carbocycles. The predicted octanol–water partition coefficient (Wildman–Crippen LogP) is 0.540. The predicted molar refractivity (Wildman–Crippen MR) is 58.6 cm³/mol. The highest BCUT2D eigenvalue weighted by molar-refractivity contribution is 6.01. The van der Waals surface area contributed by atoms with Gasteiger partial charge in [-0.3, -0.25) is 4.79 Å². The van der Waals surface area contributed by atoms with Gasteiger partial charge in [0.05, 0.1) is 6.42 Å². The summed E-state index contributed by atoms with van der Waals surface area (Å²) in [6.07, 6.45) is 1.03. The van der Waals surface area contributed by atoms with Gasteiger partial charge in [-0.15, -0.1) is 0 Å². The Morgan fingerprint density at radius 3 is 3.00 bits per heavy atom. The number of benzene rings is 1. The summed E-state index contributed by atoms with van der Waals surface area (Å²) in [5.41, 5.74) is 8.25. The van der Waals surface area contributed by atoms with Crippen LogP contribution in [0.4, 0.5) is 11.4 Å². The van der Waals surface area contributed by atoms with E-state index < -0.39 is 0 Å². The van der Waals surface area contributed by atoms with Crippen LogP contribution < -0.4 is 10.6 Å². The fourth-order valence-corrected chi connectivity index (χ4v) is 1.88. The Balaban J connectivity index is 2.25. The fourth-order valence-electron chi connectivity index (χ4n) is 1.88. The summed E-state index contributed by atoms with van der Waals surface area (Å²) in [5, 5.41) is 8.75. The largest absolute Gasteiger partial charge is 0.399 e. The number of carbonyl (C=O) groups is 1. The van der Waals surface area contributed by atoms with Gasteiger partial charge in [0.25, 0.3) is 0 Å². The topological polar surface area (TPSA) is 66.6 Å². The number of aliphatic hydroxyl groups excluding tert-OH is 1. The molecule has 1 aliphatic rings. The zero-order valence-electron chi connectivity index (χ0n) is 8.44. The van der Waals surface area contributed by atoms with Crippen molar-refractivity contribution in [3.8, 4) is 0 Å². The molecule has 4 nitrogen and oxygen atoms in total. The smallest absolute Gasteiger partial charge is 0.231 e. The Morgan fingerprint density at radius 2 is 2.27 bits per heavy atom. The van der Waals surface area contributed by atoms with Crippen LogP contribution >= 0.6 is 0 Å². The molecule has 1 heterocycles. The summed E-state index contributed by atoms with van der Waals surface area (Å²) >= 11 is 0. The quantitative estimate of drug-likeness (QED) is 0.709. The number of fused-ring (bicyclic) bond motifs is 1. The SMILES string of the molecule is Nc1ccc2c(c1)CC(=O)N2CCCO. The molecular formula is C11H14N2O2. The van der Waals surface area contributed by atoms with E-state index in [1.165, 1.54) is 0 Å². The van der Waals surface area contributed by atoms with Gasteiger partial charge in [-0.1, -0.05) is 0 Å². The maximum absolute atomic E-state index is 11.7. The maximum Gasteiger partial charge on any atom is 0.231 e. The number of nitrogens with zero attached hydrogens (tertiary/aromatic N) is 1. The molecule has 1 aliphatic heterocycles. The van der Waals surface area contributed by atoms with Crippen LogP contribution in [0.1, 0.15) is 12.0 Å². The number of hydrogen-bond donors (Lipinski definition) is 2. The van der Waals surface area contributed by atoms with E-state index >= 15 is 0 Å². The first kappa shape index (κ1) is 9.98. The molecule has 0 fully saturated rings. The molecule has 0 bridgehead atoms. The Hall–Kier alpha value is -1.55. The highest BCUT2D eigenvalue weighted by Crippen LogP contribution is 2.30. The number of carbonyl (C=O) groups excluding carboxylic acids is 1. The van der Waals surface area contributed by atoms with E-state index in [0.29, 0.717) is 25.1 Å². The van der Waals surface area contributed by atoms with Gasteiger partial charge in [0.2, 0.25) is 5.91 Å². The third-order valence-corrected chi connectivity index (χ3v) is 2.58. The summed E-state index contributed by atoms with van der Waals surface area (Å²) in [7, 11) is 0. The molecule has 0 atom stereocenters. The maximum atomic E-state index is 11.7. The summed E-state index contributed by atoms with van der Waals surface area (Å²) < 4.78 is 0. The minimum Gasteiger partial charge on any atom is -0.399 e. The highest BCUT2D eigenvalue weighted by atomic mass is 16.3. The van der Waals surface area contributed by atoms with E-state index in [2.05, 4.69) is 0 Å². The van der Waals surface area contributed by atoms with Gasteiger partial charge in [0.1, 0.15) is 0 Å². The average Bonchev–Trinajstić information content (AvgIpc) is 2.50. The zero-order valence-corrected chi connectivity index (χ0v) is 8.44. The van der Waals surface area contributed by atoms with E-state index in [1.54, 1.807) is 11.0 Å². The summed E-state index contributed by atoms with van der Waals surface area (Å²) in [6.45, 7) is 0.681. The lowest BCUT2D eigenvalue weighted by atomic mass is 10.1. The first-order chi connectivity index (χ1) is 7.22. The molecule has 4 heteroatoms. The molecule has 0 aromatic heterocycles. The molecule has 1 aromatic carbocycles. The minimum atomic E-state index is 0.0871. The van der Waals surface area contributed by atoms with Crippen molar-refractivity contribution < 1.29 is 9.90 Å². The van der Waals surface area contributed by atoms with Gasteiger partial charge < -0.3 is 15.7 Å². The van der Waals surface area contributed by atoms with Gasteiger partial charge >= 0.3 is 0 Å². The molecule has 1 aromatic rings. The van der Waals surface area contributed by atoms with Crippen molar-refractivity contribution in [1.82, 2.24) is 0 Å². The van der Waals surface area contributed by atoms with Gasteiger partial charge in [0.15, 0.2) is 0 Å². The van der Waals surface area contributed by atoms with Crippen LogP contribution in [0, 0.1) is 0 Å². The van der Waals surface area contributed by atoms with Crippen molar-refractivity contribution >= 4 is 17.3 Å². The van der Waals surface area contributed by atoms with Crippen LogP contribution in [0.25, 0.3) is 0 Å². The second-order valence-corrected chi connectivity index (χ2v) is 3.69. The highest BCUT2D eigenvalue weighted by Gasteiger charge is 2.26. The van der Waals surface area contributed by atoms with Gasteiger partial charge in [0, 0.05) is 24.5 Å². The van der Waals surface area contributed by atoms with Crippen LogP contribution in [0.2, 0.25) is 0 Å². The van der Waals surface area contributed by atoms with Crippen LogP contribution in [0.15, 0.2) is 18.2 Å². The average molecular weight is 206 g/mol. The lowest BCUT2D eigenvalue weighted by molar-refractivity contribution is -0.117. The molecule has 0 radical (unpaired) electrons. The van der Waals surface area contributed by atoms with Crippen molar-refractivity contribution in [1.29, 1.82) is 0 Å². The lowest BCUT2D eigenvalue weighted by Gasteiger charge is -2.16. The third-order valence-electron chi connectivity index (χ3n) is 2.58. The van der Waals surface area contributed by atoms with Crippen LogP contribution in [0.5, 0.6) is 0 Å². The molecule has 3 N–H and O–H groups in total. The number of hydrogen-bond acceptors (Lipinski definition) is 3. The second-order valence-electron chi connectivity index (χ2n) is 3.69. The van der Waals surface area contributed by atoms with Gasteiger partial charge in [-0.25, -0.2) is 0 Å². The number of aliphatic hydroxyl groups is 1. The van der Waals surface area contributed by atoms with Crippen molar-refractivity contribution in [3.63, 3.8) is 0 Å². The number of amides is 1. The van der Waals surface area contributed by atoms with E-state index in [1.807, 2.05) is 12.1 Å². The molecule has 0 unspecified atom stereocenters. The number of rotatable bonds is 3. The number of nitrogens with two attached hydrogens (primary N) is 1. The van der Waals surface area contributed by atoms with Crippen molar-refractivity contribution in [2.45, 2.75) is 12.8 Å². The van der Waals surface area contributed by atoms with Crippen molar-refractivity contribution in [2.75, 3.05) is 23.8 Å². The lowest BCUT2D eigenvalue weighted by Crippen LogP contribution is -2.28. The van der Waals surface area contributed by atoms with E-state index in [4.69, 9.17) is 10.8 Å². The van der Waals surface area contributed by atoms with E-state index in [0.717, 1.165) is 11.3 Å². The molecule has 0 aliphatic carbocycles. The molecule has 15 heavy (non-hydrogen) atoms. The first-order valence-corrected chi connectivity index (χ1v) is 5.02. The Bertz CT molecular complexity index is 390. The van der Waals surface area contributed by atoms with E-state index in [9.17, 15) is 4.79 Å². The molecule has 80 valence electrons. The Kier molecular flexibility index (Phi) is 2.60. The molecule has 0 saturated heterocycles. The first-order valence-electron chi connectivity index (χ1n) is 5.02. The Labute approximate surface area is 88.3 Å². The monoisotopic (exact) mass is 206 g/mol. The van der Waals surface area contributed by atoms with Gasteiger partial charge in [-0.05, 0) is 30.2 Å².